The third kappa shape index (κ3) is 10.3. The highest BCUT2D eigenvalue weighted by atomic mass is 16.5. The lowest BCUT2D eigenvalue weighted by molar-refractivity contribution is -0.121. The van der Waals surface area contributed by atoms with Gasteiger partial charge in [0, 0.05) is 38.3 Å². The summed E-state index contributed by atoms with van der Waals surface area (Å²) in [5.74, 6) is 0.595. The zero-order valence-electron chi connectivity index (χ0n) is 23.2. The summed E-state index contributed by atoms with van der Waals surface area (Å²) in [4.78, 5) is 37.9. The van der Waals surface area contributed by atoms with Gasteiger partial charge in [0.1, 0.15) is 5.75 Å². The molecule has 206 valence electrons. The first kappa shape index (κ1) is 29.4. The van der Waals surface area contributed by atoms with E-state index in [2.05, 4.69) is 10.6 Å². The number of benzene rings is 3. The van der Waals surface area contributed by atoms with Crippen LogP contribution in [0.2, 0.25) is 0 Å². The van der Waals surface area contributed by atoms with E-state index in [0.29, 0.717) is 24.3 Å². The minimum atomic E-state index is -0.217. The molecule has 2 N–H and O–H groups in total. The Bertz CT molecular complexity index is 1210. The molecule has 0 aromatic heterocycles. The lowest BCUT2D eigenvalue weighted by atomic mass is 10.1. The number of nitrogens with one attached hydrogen (secondary N) is 2. The van der Waals surface area contributed by atoms with E-state index in [4.69, 9.17) is 4.74 Å². The van der Waals surface area contributed by atoms with Crippen LogP contribution in [0, 0.1) is 6.92 Å². The van der Waals surface area contributed by atoms with Gasteiger partial charge in [0.25, 0.3) is 5.91 Å². The monoisotopic (exact) mass is 529 g/mol. The van der Waals surface area contributed by atoms with E-state index in [0.717, 1.165) is 48.9 Å². The van der Waals surface area contributed by atoms with Crippen molar-refractivity contribution in [3.8, 4) is 5.75 Å². The van der Waals surface area contributed by atoms with Crippen molar-refractivity contribution < 1.29 is 19.1 Å². The van der Waals surface area contributed by atoms with Crippen LogP contribution in [-0.4, -0.2) is 38.4 Å². The van der Waals surface area contributed by atoms with Crippen LogP contribution in [0.1, 0.15) is 48.8 Å². The van der Waals surface area contributed by atoms with E-state index in [1.165, 1.54) is 5.56 Å². The fourth-order valence-corrected chi connectivity index (χ4v) is 4.12. The second-order valence-corrected chi connectivity index (χ2v) is 9.70. The van der Waals surface area contributed by atoms with Gasteiger partial charge >= 0.3 is 0 Å². The van der Waals surface area contributed by atoms with Gasteiger partial charge in [-0.25, -0.2) is 0 Å². The zero-order chi connectivity index (χ0) is 28.0. The number of hydrogen-bond donors (Lipinski definition) is 2. The normalized spacial score (nSPS) is 10.5. The molecule has 7 nitrogen and oxygen atoms in total. The molecule has 0 bridgehead atoms. The number of carbonyl (C=O) groups is 3. The van der Waals surface area contributed by atoms with Crippen molar-refractivity contribution in [1.82, 2.24) is 5.32 Å². The Morgan fingerprint density at radius 1 is 0.744 bits per heavy atom. The summed E-state index contributed by atoms with van der Waals surface area (Å²) in [5.41, 5.74) is 5.04. The number of aryl methyl sites for hydroxylation is 3. The van der Waals surface area contributed by atoms with Gasteiger partial charge < -0.3 is 20.3 Å². The Hall–Kier alpha value is -4.13. The third-order valence-corrected chi connectivity index (χ3v) is 6.58. The molecule has 0 aliphatic heterocycles. The summed E-state index contributed by atoms with van der Waals surface area (Å²) >= 11 is 0. The van der Waals surface area contributed by atoms with E-state index >= 15 is 0 Å². The zero-order valence-corrected chi connectivity index (χ0v) is 23.2. The van der Waals surface area contributed by atoms with Crippen molar-refractivity contribution in [2.45, 2.75) is 51.9 Å². The molecular formula is C32H39N3O4. The minimum Gasteiger partial charge on any atom is -0.484 e. The van der Waals surface area contributed by atoms with Crippen molar-refractivity contribution >= 4 is 29.1 Å². The summed E-state index contributed by atoms with van der Waals surface area (Å²) in [5, 5.41) is 5.48. The summed E-state index contributed by atoms with van der Waals surface area (Å²) in [7, 11) is 3.46. The van der Waals surface area contributed by atoms with E-state index in [1.807, 2.05) is 79.7 Å². The molecule has 0 atom stereocenters. The maximum absolute atomic E-state index is 12.7. The van der Waals surface area contributed by atoms with E-state index in [1.54, 1.807) is 19.0 Å². The van der Waals surface area contributed by atoms with Crippen molar-refractivity contribution in [3.63, 3.8) is 0 Å². The van der Waals surface area contributed by atoms with Crippen molar-refractivity contribution in [2.24, 2.45) is 0 Å². The first-order valence-electron chi connectivity index (χ1n) is 13.5. The number of carbonyl (C=O) groups excluding carboxylic acids is 3. The SMILES string of the molecule is CNC(=O)CCCCc1ccc(N(C)C(=O)CCCc2ccc(NC(=O)COc3ccc(C)cc3)cc2)cc1. The largest absolute Gasteiger partial charge is 0.484 e. The molecule has 3 rings (SSSR count). The number of ether oxygens (including phenoxy) is 1. The summed E-state index contributed by atoms with van der Waals surface area (Å²) < 4.78 is 5.52. The van der Waals surface area contributed by atoms with Gasteiger partial charge in [-0.15, -0.1) is 0 Å². The van der Waals surface area contributed by atoms with E-state index < -0.39 is 0 Å². The molecule has 39 heavy (non-hydrogen) atoms. The highest BCUT2D eigenvalue weighted by Gasteiger charge is 2.11. The Morgan fingerprint density at radius 3 is 2.00 bits per heavy atom. The number of amides is 3. The Morgan fingerprint density at radius 2 is 1.36 bits per heavy atom. The quantitative estimate of drug-likeness (QED) is 0.272. The number of anilines is 2. The van der Waals surface area contributed by atoms with Gasteiger partial charge in [-0.3, -0.25) is 14.4 Å². The molecule has 0 aliphatic carbocycles. The maximum Gasteiger partial charge on any atom is 0.262 e. The molecule has 0 unspecified atom stereocenters. The summed E-state index contributed by atoms with van der Waals surface area (Å²) in [6, 6.07) is 23.3. The van der Waals surface area contributed by atoms with Crippen molar-refractivity contribution in [3.05, 3.63) is 89.5 Å². The topological polar surface area (TPSA) is 87.7 Å². The molecule has 0 heterocycles. The fourth-order valence-electron chi connectivity index (χ4n) is 4.12. The van der Waals surface area contributed by atoms with Gasteiger partial charge in [0.15, 0.2) is 6.61 Å². The Balaban J connectivity index is 1.35. The molecule has 3 aromatic rings. The van der Waals surface area contributed by atoms with Gasteiger partial charge in [0.05, 0.1) is 0 Å². The van der Waals surface area contributed by atoms with Gasteiger partial charge in [-0.2, -0.15) is 0 Å². The molecule has 0 saturated heterocycles. The average molecular weight is 530 g/mol. The molecule has 0 radical (unpaired) electrons. The van der Waals surface area contributed by atoms with Gasteiger partial charge in [0.2, 0.25) is 11.8 Å². The van der Waals surface area contributed by atoms with Crippen molar-refractivity contribution in [2.75, 3.05) is 30.9 Å². The molecule has 0 spiro atoms. The molecule has 0 aliphatic rings. The van der Waals surface area contributed by atoms with E-state index in [9.17, 15) is 14.4 Å². The number of rotatable bonds is 14. The second-order valence-electron chi connectivity index (χ2n) is 9.70. The molecule has 0 fully saturated rings. The molecule has 0 saturated carbocycles. The molecule has 3 amide bonds. The number of hydrogen-bond acceptors (Lipinski definition) is 4. The fraction of sp³-hybridized carbons (Fsp3) is 0.344. The first-order chi connectivity index (χ1) is 18.8. The predicted octanol–water partition coefficient (Wildman–Crippen LogP) is 5.46. The highest BCUT2D eigenvalue weighted by molar-refractivity contribution is 5.93. The minimum absolute atomic E-state index is 0.0533. The molecule has 3 aromatic carbocycles. The van der Waals surface area contributed by atoms with Crippen LogP contribution in [0.15, 0.2) is 72.8 Å². The molecule has 7 heteroatoms. The van der Waals surface area contributed by atoms with E-state index in [-0.39, 0.29) is 24.3 Å². The lowest BCUT2D eigenvalue weighted by Gasteiger charge is -2.18. The summed E-state index contributed by atoms with van der Waals surface area (Å²) in [6.07, 6.45) is 5.25. The first-order valence-corrected chi connectivity index (χ1v) is 13.5. The molecular weight excluding hydrogens is 490 g/mol. The van der Waals surface area contributed by atoms with Crippen molar-refractivity contribution in [1.29, 1.82) is 0 Å². The Labute approximate surface area is 231 Å². The van der Waals surface area contributed by atoms with Crippen LogP contribution in [0.5, 0.6) is 5.75 Å². The third-order valence-electron chi connectivity index (χ3n) is 6.58. The predicted molar refractivity (Wildman–Crippen MR) is 156 cm³/mol. The number of unbranched alkanes of at least 4 members (excludes halogenated alkanes) is 1. The van der Waals surface area contributed by atoms with Crippen LogP contribution in [-0.2, 0) is 27.2 Å². The van der Waals surface area contributed by atoms with Crippen LogP contribution in [0.3, 0.4) is 0 Å². The summed E-state index contributed by atoms with van der Waals surface area (Å²) in [6.45, 7) is 1.95. The van der Waals surface area contributed by atoms with Crippen LogP contribution >= 0.6 is 0 Å². The highest BCUT2D eigenvalue weighted by Crippen LogP contribution is 2.18. The smallest absolute Gasteiger partial charge is 0.262 e. The Kier molecular flexibility index (Phi) is 11.6. The standard InChI is InChI=1S/C32H39N3O4/c1-24-11-21-29(22-12-24)39-23-31(37)34-27-17-13-26(14-18-27)8-6-10-32(38)35(3)28-19-15-25(16-20-28)7-4-5-9-30(36)33-2/h11-22H,4-10,23H2,1-3H3,(H,33,36)(H,34,37). The van der Waals surface area contributed by atoms with Crippen LogP contribution in [0.25, 0.3) is 0 Å². The van der Waals surface area contributed by atoms with Gasteiger partial charge in [-0.1, -0.05) is 42.0 Å². The lowest BCUT2D eigenvalue weighted by Crippen LogP contribution is -2.25. The van der Waals surface area contributed by atoms with Gasteiger partial charge in [-0.05, 0) is 86.6 Å². The average Bonchev–Trinajstić information content (AvgIpc) is 2.95. The number of nitrogens with zero attached hydrogens (tertiary/aromatic N) is 1. The second kappa shape index (κ2) is 15.3. The van der Waals surface area contributed by atoms with Crippen LogP contribution in [0.4, 0.5) is 11.4 Å². The van der Waals surface area contributed by atoms with Crippen LogP contribution < -0.4 is 20.3 Å². The maximum atomic E-state index is 12.7.